The number of carbonyl (C=O) groups is 1. The first-order valence-corrected chi connectivity index (χ1v) is 6.84. The smallest absolute Gasteiger partial charge is 0.303 e. The molecule has 0 radical (unpaired) electrons. The van der Waals surface area contributed by atoms with Crippen molar-refractivity contribution in [2.45, 2.75) is 32.6 Å². The molecule has 0 spiro atoms. The van der Waals surface area contributed by atoms with Gasteiger partial charge in [-0.1, -0.05) is 43.3 Å². The molecule has 3 rings (SSSR count). The average molecular weight is 254 g/mol. The van der Waals surface area contributed by atoms with Crippen LogP contribution in [0.15, 0.2) is 36.4 Å². The van der Waals surface area contributed by atoms with Crippen molar-refractivity contribution < 1.29 is 9.90 Å². The van der Waals surface area contributed by atoms with E-state index in [0.717, 1.165) is 19.3 Å². The first-order chi connectivity index (χ1) is 9.12. The van der Waals surface area contributed by atoms with Crippen LogP contribution in [0.1, 0.15) is 30.9 Å². The van der Waals surface area contributed by atoms with E-state index in [4.69, 9.17) is 5.11 Å². The maximum Gasteiger partial charge on any atom is 0.303 e. The van der Waals surface area contributed by atoms with Gasteiger partial charge in [-0.3, -0.25) is 4.79 Å². The van der Waals surface area contributed by atoms with E-state index in [1.807, 2.05) is 12.1 Å². The van der Waals surface area contributed by atoms with Crippen LogP contribution in [-0.4, -0.2) is 11.1 Å². The molecule has 0 heterocycles. The van der Waals surface area contributed by atoms with Crippen molar-refractivity contribution in [3.05, 3.63) is 47.5 Å². The van der Waals surface area contributed by atoms with E-state index < -0.39 is 5.97 Å². The second kappa shape index (κ2) is 4.37. The molecule has 2 heteroatoms. The number of benzene rings is 2. The van der Waals surface area contributed by atoms with Crippen LogP contribution in [0.5, 0.6) is 0 Å². The highest BCUT2D eigenvalue weighted by atomic mass is 16.4. The highest BCUT2D eigenvalue weighted by Gasteiger charge is 2.37. The molecule has 1 aliphatic carbocycles. The summed E-state index contributed by atoms with van der Waals surface area (Å²) in [6, 6.07) is 12.8. The van der Waals surface area contributed by atoms with E-state index in [-0.39, 0.29) is 11.8 Å². The first kappa shape index (κ1) is 12.2. The lowest BCUT2D eigenvalue weighted by atomic mass is 9.79. The van der Waals surface area contributed by atoms with Crippen LogP contribution in [-0.2, 0) is 17.6 Å². The number of carboxylic acid groups (broad SMARTS) is 1. The van der Waals surface area contributed by atoms with E-state index in [9.17, 15) is 4.79 Å². The largest absolute Gasteiger partial charge is 0.481 e. The molecule has 0 bridgehead atoms. The number of carboxylic acids is 1. The van der Waals surface area contributed by atoms with Gasteiger partial charge in [0, 0.05) is 0 Å². The molecular weight excluding hydrogens is 236 g/mol. The number of rotatable bonds is 3. The normalized spacial score (nSPS) is 16.5. The van der Waals surface area contributed by atoms with Crippen LogP contribution in [0, 0.1) is 5.41 Å². The second-order valence-electron chi connectivity index (χ2n) is 5.75. The van der Waals surface area contributed by atoms with Crippen molar-refractivity contribution in [2.75, 3.05) is 0 Å². The third kappa shape index (κ3) is 2.12. The Kier molecular flexibility index (Phi) is 2.81. The quantitative estimate of drug-likeness (QED) is 0.904. The minimum atomic E-state index is -0.681. The SMILES string of the molecule is CCC1(CC(=O)O)Cc2cc3ccccc3cc2C1. The van der Waals surface area contributed by atoms with E-state index in [1.54, 1.807) is 0 Å². The van der Waals surface area contributed by atoms with Gasteiger partial charge < -0.3 is 5.11 Å². The lowest BCUT2D eigenvalue weighted by molar-refractivity contribution is -0.139. The molecule has 98 valence electrons. The maximum atomic E-state index is 11.1. The minimum absolute atomic E-state index is 0.0778. The molecule has 0 saturated heterocycles. The molecule has 2 nitrogen and oxygen atoms in total. The highest BCUT2D eigenvalue weighted by Crippen LogP contribution is 2.43. The summed E-state index contributed by atoms with van der Waals surface area (Å²) in [6.07, 6.45) is 2.99. The zero-order valence-electron chi connectivity index (χ0n) is 11.1. The Hall–Kier alpha value is -1.83. The summed E-state index contributed by atoms with van der Waals surface area (Å²) in [6.45, 7) is 2.11. The van der Waals surface area contributed by atoms with Crippen LogP contribution in [0.4, 0.5) is 0 Å². The molecule has 0 amide bonds. The molecule has 2 aromatic carbocycles. The standard InChI is InChI=1S/C17H18O2/c1-2-17(11-16(18)19)9-14-7-12-5-3-4-6-13(12)8-15(14)10-17/h3-8H,2,9-11H2,1H3,(H,18,19). The van der Waals surface area contributed by atoms with E-state index in [0.29, 0.717) is 0 Å². The summed E-state index contributed by atoms with van der Waals surface area (Å²) in [4.78, 5) is 11.1. The van der Waals surface area contributed by atoms with Crippen LogP contribution in [0.25, 0.3) is 10.8 Å². The number of fused-ring (bicyclic) bond motifs is 2. The van der Waals surface area contributed by atoms with Gasteiger partial charge in [0.15, 0.2) is 0 Å². The molecule has 0 atom stereocenters. The fraction of sp³-hybridized carbons (Fsp3) is 0.353. The molecule has 0 aliphatic heterocycles. The van der Waals surface area contributed by atoms with Crippen LogP contribution >= 0.6 is 0 Å². The summed E-state index contributed by atoms with van der Waals surface area (Å²) in [7, 11) is 0. The molecule has 19 heavy (non-hydrogen) atoms. The van der Waals surface area contributed by atoms with Gasteiger partial charge in [-0.05, 0) is 46.6 Å². The Bertz CT molecular complexity index is 598. The van der Waals surface area contributed by atoms with Crippen molar-refractivity contribution >= 4 is 16.7 Å². The molecule has 0 unspecified atom stereocenters. The van der Waals surface area contributed by atoms with Crippen molar-refractivity contribution in [3.8, 4) is 0 Å². The molecule has 2 aromatic rings. The molecule has 1 N–H and O–H groups in total. The first-order valence-electron chi connectivity index (χ1n) is 6.84. The van der Waals surface area contributed by atoms with Crippen molar-refractivity contribution in [1.29, 1.82) is 0 Å². The predicted molar refractivity (Wildman–Crippen MR) is 76.3 cm³/mol. The van der Waals surface area contributed by atoms with Gasteiger partial charge in [0.1, 0.15) is 0 Å². The van der Waals surface area contributed by atoms with Gasteiger partial charge in [0.2, 0.25) is 0 Å². The second-order valence-corrected chi connectivity index (χ2v) is 5.75. The fourth-order valence-corrected chi connectivity index (χ4v) is 3.36. The monoisotopic (exact) mass is 254 g/mol. The summed E-state index contributed by atoms with van der Waals surface area (Å²) in [5.41, 5.74) is 2.59. The summed E-state index contributed by atoms with van der Waals surface area (Å²) < 4.78 is 0. The van der Waals surface area contributed by atoms with Crippen LogP contribution in [0.3, 0.4) is 0 Å². The van der Waals surface area contributed by atoms with Crippen molar-refractivity contribution in [3.63, 3.8) is 0 Å². The molecule has 0 aromatic heterocycles. The summed E-state index contributed by atoms with van der Waals surface area (Å²) in [5, 5.41) is 11.6. The lowest BCUT2D eigenvalue weighted by Crippen LogP contribution is -2.24. The van der Waals surface area contributed by atoms with Gasteiger partial charge in [-0.2, -0.15) is 0 Å². The van der Waals surface area contributed by atoms with E-state index >= 15 is 0 Å². The lowest BCUT2D eigenvalue weighted by Gasteiger charge is -2.25. The predicted octanol–water partition coefficient (Wildman–Crippen LogP) is 3.81. The number of hydrogen-bond donors (Lipinski definition) is 1. The number of aliphatic carboxylic acids is 1. The summed E-state index contributed by atoms with van der Waals surface area (Å²) in [5.74, 6) is -0.681. The molecule has 1 aliphatic rings. The Balaban J connectivity index is 2.03. The van der Waals surface area contributed by atoms with E-state index in [1.165, 1.54) is 21.9 Å². The maximum absolute atomic E-state index is 11.1. The highest BCUT2D eigenvalue weighted by molar-refractivity contribution is 5.84. The van der Waals surface area contributed by atoms with Crippen molar-refractivity contribution in [1.82, 2.24) is 0 Å². The Morgan fingerprint density at radius 1 is 1.16 bits per heavy atom. The van der Waals surface area contributed by atoms with E-state index in [2.05, 4.69) is 31.2 Å². The van der Waals surface area contributed by atoms with Gasteiger partial charge in [0.25, 0.3) is 0 Å². The molecule has 0 fully saturated rings. The Labute approximate surface area is 113 Å². The number of hydrogen-bond acceptors (Lipinski definition) is 1. The Morgan fingerprint density at radius 2 is 1.68 bits per heavy atom. The third-order valence-corrected chi connectivity index (χ3v) is 4.48. The Morgan fingerprint density at radius 3 is 2.11 bits per heavy atom. The zero-order chi connectivity index (χ0) is 13.5. The van der Waals surface area contributed by atoms with Crippen LogP contribution < -0.4 is 0 Å². The summed E-state index contributed by atoms with van der Waals surface area (Å²) >= 11 is 0. The zero-order valence-corrected chi connectivity index (χ0v) is 11.1. The third-order valence-electron chi connectivity index (χ3n) is 4.48. The molecular formula is C17H18O2. The fourth-order valence-electron chi connectivity index (χ4n) is 3.36. The molecule has 0 saturated carbocycles. The van der Waals surface area contributed by atoms with Gasteiger partial charge in [-0.15, -0.1) is 0 Å². The average Bonchev–Trinajstić information content (AvgIpc) is 2.72. The topological polar surface area (TPSA) is 37.3 Å². The minimum Gasteiger partial charge on any atom is -0.481 e. The van der Waals surface area contributed by atoms with Gasteiger partial charge in [-0.25, -0.2) is 0 Å². The van der Waals surface area contributed by atoms with Crippen molar-refractivity contribution in [2.24, 2.45) is 5.41 Å². The van der Waals surface area contributed by atoms with Crippen LogP contribution in [0.2, 0.25) is 0 Å². The van der Waals surface area contributed by atoms with Gasteiger partial charge >= 0.3 is 5.97 Å². The van der Waals surface area contributed by atoms with Gasteiger partial charge in [0.05, 0.1) is 6.42 Å².